The maximum Gasteiger partial charge on any atom is 0.408 e. The van der Waals surface area contributed by atoms with Crippen molar-refractivity contribution in [1.29, 1.82) is 0 Å². The number of carbonyl (C=O) groups excluding carboxylic acids is 2. The van der Waals surface area contributed by atoms with E-state index in [1.807, 2.05) is 20.8 Å². The number of nitrogens with one attached hydrogen (secondary N) is 2. The van der Waals surface area contributed by atoms with E-state index in [0.717, 1.165) is 50.1 Å². The Bertz CT molecular complexity index is 546. The first-order valence-corrected chi connectivity index (χ1v) is 9.14. The van der Waals surface area contributed by atoms with Crippen LogP contribution in [0.5, 0.6) is 0 Å². The lowest BCUT2D eigenvalue weighted by Crippen LogP contribution is -2.56. The molecule has 134 valence electrons. The molecule has 2 N–H and O–H groups in total. The maximum absolute atomic E-state index is 12.3. The van der Waals surface area contributed by atoms with Crippen LogP contribution in [0.15, 0.2) is 6.20 Å². The highest BCUT2D eigenvalue weighted by Gasteiger charge is 2.34. The first-order valence-electron chi connectivity index (χ1n) is 8.36. The number of alkyl carbamates (subject to hydrolysis) is 1. The molecule has 1 aromatic rings. The maximum atomic E-state index is 12.3. The summed E-state index contributed by atoms with van der Waals surface area (Å²) in [7, 11) is 0. The standard InChI is InChI=1S/C16H26N4O3S/c1-15(2,3)23-14(22)19-16(8-6-4-5-7-9-16)11-17-13(21)12-10-18-20-24-12/h10H,4-9,11H2,1-3H3,(H,17,21)(H,19,22). The van der Waals surface area contributed by atoms with Gasteiger partial charge in [0.05, 0.1) is 11.7 Å². The fraction of sp³-hybridized carbons (Fsp3) is 0.750. The van der Waals surface area contributed by atoms with Gasteiger partial charge < -0.3 is 15.4 Å². The highest BCUT2D eigenvalue weighted by Crippen LogP contribution is 2.27. The van der Waals surface area contributed by atoms with Gasteiger partial charge in [-0.1, -0.05) is 30.2 Å². The summed E-state index contributed by atoms with van der Waals surface area (Å²) in [5.74, 6) is -0.209. The van der Waals surface area contributed by atoms with Crippen molar-refractivity contribution >= 4 is 23.5 Å². The van der Waals surface area contributed by atoms with Gasteiger partial charge in [0.25, 0.3) is 5.91 Å². The normalized spacial score (nSPS) is 17.6. The van der Waals surface area contributed by atoms with Gasteiger partial charge in [-0.15, -0.1) is 5.10 Å². The molecule has 0 unspecified atom stereocenters. The van der Waals surface area contributed by atoms with E-state index in [1.54, 1.807) is 0 Å². The summed E-state index contributed by atoms with van der Waals surface area (Å²) in [6.45, 7) is 5.89. The molecule has 1 aliphatic carbocycles. The van der Waals surface area contributed by atoms with Crippen LogP contribution in [-0.2, 0) is 4.74 Å². The molecule has 8 heteroatoms. The van der Waals surface area contributed by atoms with E-state index in [9.17, 15) is 9.59 Å². The number of amides is 2. The lowest BCUT2D eigenvalue weighted by atomic mass is 9.90. The second-order valence-corrected chi connectivity index (χ2v) is 8.07. The van der Waals surface area contributed by atoms with E-state index < -0.39 is 17.2 Å². The molecule has 0 radical (unpaired) electrons. The Labute approximate surface area is 146 Å². The molecule has 1 heterocycles. The van der Waals surface area contributed by atoms with Gasteiger partial charge >= 0.3 is 6.09 Å². The van der Waals surface area contributed by atoms with Gasteiger partial charge in [0.15, 0.2) is 0 Å². The van der Waals surface area contributed by atoms with Crippen molar-refractivity contribution in [2.45, 2.75) is 70.4 Å². The van der Waals surface area contributed by atoms with Gasteiger partial charge in [-0.25, -0.2) is 4.79 Å². The van der Waals surface area contributed by atoms with Crippen LogP contribution in [0.25, 0.3) is 0 Å². The molecule has 0 saturated heterocycles. The Balaban J connectivity index is 2.02. The SMILES string of the molecule is CC(C)(C)OC(=O)NC1(CNC(=O)c2cnns2)CCCCCC1. The largest absolute Gasteiger partial charge is 0.444 e. The van der Waals surface area contributed by atoms with Crippen LogP contribution in [-0.4, -0.2) is 39.3 Å². The highest BCUT2D eigenvalue weighted by molar-refractivity contribution is 7.07. The Hall–Kier alpha value is -1.70. The van der Waals surface area contributed by atoms with Gasteiger partial charge in [0.2, 0.25) is 0 Å². The molecule has 24 heavy (non-hydrogen) atoms. The third kappa shape index (κ3) is 5.74. The van der Waals surface area contributed by atoms with Crippen molar-refractivity contribution in [2.75, 3.05) is 6.54 Å². The Kier molecular flexibility index (Phi) is 6.15. The van der Waals surface area contributed by atoms with E-state index in [2.05, 4.69) is 20.2 Å². The molecule has 0 aliphatic heterocycles. The summed E-state index contributed by atoms with van der Waals surface area (Å²) < 4.78 is 9.10. The lowest BCUT2D eigenvalue weighted by Gasteiger charge is -2.35. The third-order valence-electron chi connectivity index (χ3n) is 4.00. The van der Waals surface area contributed by atoms with Crippen LogP contribution in [0.3, 0.4) is 0 Å². The van der Waals surface area contributed by atoms with Crippen molar-refractivity contribution in [3.8, 4) is 0 Å². The molecule has 1 saturated carbocycles. The molecule has 0 bridgehead atoms. The minimum absolute atomic E-state index is 0.209. The number of carbonyl (C=O) groups is 2. The smallest absolute Gasteiger partial charge is 0.408 e. The van der Waals surface area contributed by atoms with Gasteiger partial charge in [-0.3, -0.25) is 4.79 Å². The van der Waals surface area contributed by atoms with Crippen molar-refractivity contribution < 1.29 is 14.3 Å². The molecular weight excluding hydrogens is 328 g/mol. The Morgan fingerprint density at radius 2 is 1.92 bits per heavy atom. The summed E-state index contributed by atoms with van der Waals surface area (Å²) in [5, 5.41) is 9.62. The fourth-order valence-electron chi connectivity index (χ4n) is 2.88. The van der Waals surface area contributed by atoms with Gasteiger partial charge in [0.1, 0.15) is 10.5 Å². The minimum atomic E-state index is -0.548. The van der Waals surface area contributed by atoms with Crippen molar-refractivity contribution in [1.82, 2.24) is 20.2 Å². The molecular formula is C16H26N4O3S. The quantitative estimate of drug-likeness (QED) is 0.811. The summed E-state index contributed by atoms with van der Waals surface area (Å²) in [5.41, 5.74) is -1.01. The van der Waals surface area contributed by atoms with Crippen LogP contribution < -0.4 is 10.6 Å². The zero-order valence-corrected chi connectivity index (χ0v) is 15.4. The van der Waals surface area contributed by atoms with Crippen molar-refractivity contribution in [2.24, 2.45) is 0 Å². The molecule has 1 aromatic heterocycles. The molecule has 1 fully saturated rings. The molecule has 0 spiro atoms. The van der Waals surface area contributed by atoms with Gasteiger partial charge in [-0.05, 0) is 45.1 Å². The summed E-state index contributed by atoms with van der Waals surface area (Å²) in [4.78, 5) is 24.9. The van der Waals surface area contributed by atoms with Crippen LogP contribution in [0.1, 0.15) is 69.0 Å². The number of hydrogen-bond acceptors (Lipinski definition) is 6. The van der Waals surface area contributed by atoms with Gasteiger partial charge in [0, 0.05) is 6.54 Å². The van der Waals surface area contributed by atoms with E-state index in [0.29, 0.717) is 11.4 Å². The zero-order chi connectivity index (χ0) is 17.6. The average molecular weight is 354 g/mol. The van der Waals surface area contributed by atoms with E-state index in [4.69, 9.17) is 4.74 Å². The predicted molar refractivity (Wildman–Crippen MR) is 92.0 cm³/mol. The second kappa shape index (κ2) is 7.92. The van der Waals surface area contributed by atoms with Gasteiger partial charge in [-0.2, -0.15) is 0 Å². The Morgan fingerprint density at radius 3 is 2.46 bits per heavy atom. The molecule has 0 atom stereocenters. The van der Waals surface area contributed by atoms with E-state index in [-0.39, 0.29) is 5.91 Å². The number of nitrogens with zero attached hydrogens (tertiary/aromatic N) is 2. The van der Waals surface area contributed by atoms with Crippen LogP contribution in [0, 0.1) is 0 Å². The van der Waals surface area contributed by atoms with E-state index >= 15 is 0 Å². The molecule has 7 nitrogen and oxygen atoms in total. The zero-order valence-electron chi connectivity index (χ0n) is 14.6. The molecule has 2 rings (SSSR count). The molecule has 0 aromatic carbocycles. The molecule has 2 amide bonds. The lowest BCUT2D eigenvalue weighted by molar-refractivity contribution is 0.0437. The fourth-order valence-corrected chi connectivity index (χ4v) is 3.31. The molecule has 1 aliphatic rings. The van der Waals surface area contributed by atoms with Crippen molar-refractivity contribution in [3.63, 3.8) is 0 Å². The second-order valence-electron chi connectivity index (χ2n) is 7.29. The Morgan fingerprint density at radius 1 is 1.25 bits per heavy atom. The summed E-state index contributed by atoms with van der Waals surface area (Å²) >= 11 is 1.06. The first-order chi connectivity index (χ1) is 11.3. The predicted octanol–water partition coefficient (Wildman–Crippen LogP) is 2.89. The topological polar surface area (TPSA) is 93.2 Å². The summed E-state index contributed by atoms with van der Waals surface area (Å²) in [6, 6.07) is 0. The highest BCUT2D eigenvalue weighted by atomic mass is 32.1. The summed E-state index contributed by atoms with van der Waals surface area (Å²) in [6.07, 6.45) is 7.00. The first kappa shape index (κ1) is 18.6. The van der Waals surface area contributed by atoms with E-state index in [1.165, 1.54) is 6.20 Å². The van der Waals surface area contributed by atoms with Crippen LogP contribution in [0.2, 0.25) is 0 Å². The number of aromatic nitrogens is 2. The average Bonchev–Trinajstić information content (AvgIpc) is 2.91. The minimum Gasteiger partial charge on any atom is -0.444 e. The van der Waals surface area contributed by atoms with Crippen molar-refractivity contribution in [3.05, 3.63) is 11.1 Å². The number of rotatable bonds is 4. The number of hydrogen-bond donors (Lipinski definition) is 2. The van der Waals surface area contributed by atoms with Crippen LogP contribution >= 0.6 is 11.5 Å². The number of ether oxygens (including phenoxy) is 1. The van der Waals surface area contributed by atoms with Crippen LogP contribution in [0.4, 0.5) is 4.79 Å². The monoisotopic (exact) mass is 354 g/mol. The third-order valence-corrected chi connectivity index (χ3v) is 4.66.